The lowest BCUT2D eigenvalue weighted by Gasteiger charge is -1.79. The molecule has 0 unspecified atom stereocenters. The third kappa shape index (κ3) is 0.832. The second-order valence-electron chi connectivity index (χ2n) is 2.17. The van der Waals surface area contributed by atoms with E-state index in [1.54, 1.807) is 18.2 Å². The number of hydrogen-bond acceptors (Lipinski definition) is 3. The van der Waals surface area contributed by atoms with E-state index in [2.05, 4.69) is 0 Å². The van der Waals surface area contributed by atoms with Gasteiger partial charge in [-0.15, -0.1) is 0 Å². The first-order valence-electron chi connectivity index (χ1n) is 3.09. The first-order chi connectivity index (χ1) is 5.29. The van der Waals surface area contributed by atoms with Crippen LogP contribution in [-0.2, 0) is 0 Å². The van der Waals surface area contributed by atoms with Crippen LogP contribution in [0.5, 0.6) is 0 Å². The van der Waals surface area contributed by atoms with Crippen molar-refractivity contribution in [3.8, 4) is 0 Å². The van der Waals surface area contributed by atoms with Crippen molar-refractivity contribution in [1.29, 1.82) is 0 Å². The van der Waals surface area contributed by atoms with Crippen molar-refractivity contribution in [2.75, 3.05) is 0 Å². The van der Waals surface area contributed by atoms with Crippen molar-refractivity contribution in [3.05, 3.63) is 34.6 Å². The summed E-state index contributed by atoms with van der Waals surface area (Å²) in [5.74, 6) is 0. The highest BCUT2D eigenvalue weighted by atomic mass is 32.1. The van der Waals surface area contributed by atoms with Gasteiger partial charge in [0.05, 0.1) is 10.1 Å². The molecule has 56 valence electrons. The summed E-state index contributed by atoms with van der Waals surface area (Å²) in [6.07, 6.45) is 0. The van der Waals surface area contributed by atoms with Gasteiger partial charge in [0.15, 0.2) is 0 Å². The van der Waals surface area contributed by atoms with E-state index in [-0.39, 0.29) is 5.56 Å². The Morgan fingerprint density at radius 2 is 2.09 bits per heavy atom. The second kappa shape index (κ2) is 2.10. The zero-order valence-electron chi connectivity index (χ0n) is 5.52. The fraction of sp³-hybridized carbons (Fsp3) is 0. The van der Waals surface area contributed by atoms with Gasteiger partial charge >= 0.3 is 5.56 Å². The van der Waals surface area contributed by atoms with Crippen molar-refractivity contribution >= 4 is 21.6 Å². The molecule has 0 bridgehead atoms. The van der Waals surface area contributed by atoms with Gasteiger partial charge in [-0.05, 0) is 23.7 Å². The summed E-state index contributed by atoms with van der Waals surface area (Å²) in [7, 11) is 0. The Labute approximate surface area is 66.2 Å². The minimum Gasteiger partial charge on any atom is -0.415 e. The zero-order valence-corrected chi connectivity index (χ0v) is 6.34. The Balaban J connectivity index is 3.04. The van der Waals surface area contributed by atoms with Crippen molar-refractivity contribution in [3.63, 3.8) is 0 Å². The minimum absolute atomic E-state index is 0.342. The van der Waals surface area contributed by atoms with Crippen LogP contribution in [-0.4, -0.2) is 9.33 Å². The summed E-state index contributed by atoms with van der Waals surface area (Å²) in [6, 6.07) is 7.10. The van der Waals surface area contributed by atoms with Crippen LogP contribution in [0.1, 0.15) is 0 Å². The van der Waals surface area contributed by atoms with E-state index in [0.29, 0.717) is 9.51 Å². The lowest BCUT2D eigenvalue weighted by Crippen LogP contribution is -2.08. The average molecular weight is 167 g/mol. The molecule has 0 fully saturated rings. The monoisotopic (exact) mass is 167 g/mol. The van der Waals surface area contributed by atoms with Crippen LogP contribution in [0, 0.1) is 0 Å². The van der Waals surface area contributed by atoms with Crippen molar-refractivity contribution in [2.24, 2.45) is 0 Å². The average Bonchev–Trinajstić information content (AvgIpc) is 2.30. The number of benzene rings is 1. The summed E-state index contributed by atoms with van der Waals surface area (Å²) < 4.78 is 1.45. The molecule has 0 radical (unpaired) electrons. The van der Waals surface area contributed by atoms with Gasteiger partial charge in [-0.25, -0.2) is 0 Å². The van der Waals surface area contributed by atoms with Gasteiger partial charge < -0.3 is 5.21 Å². The summed E-state index contributed by atoms with van der Waals surface area (Å²) in [5.41, 5.74) is -0.342. The highest BCUT2D eigenvalue weighted by molar-refractivity contribution is 7.13. The molecule has 1 N–H and O–H groups in total. The van der Waals surface area contributed by atoms with Crippen molar-refractivity contribution in [1.82, 2.24) is 4.12 Å². The Hall–Kier alpha value is -1.29. The first-order valence-corrected chi connectivity index (χ1v) is 3.87. The lowest BCUT2D eigenvalue weighted by atomic mass is 10.3. The lowest BCUT2D eigenvalue weighted by molar-refractivity contribution is 0.211. The van der Waals surface area contributed by atoms with Gasteiger partial charge in [0.2, 0.25) is 0 Å². The topological polar surface area (TPSA) is 42.2 Å². The van der Waals surface area contributed by atoms with E-state index in [0.717, 1.165) is 16.2 Å². The third-order valence-electron chi connectivity index (χ3n) is 1.48. The molecule has 1 heterocycles. The van der Waals surface area contributed by atoms with Crippen LogP contribution < -0.4 is 5.56 Å². The van der Waals surface area contributed by atoms with Crippen molar-refractivity contribution < 1.29 is 5.21 Å². The highest BCUT2D eigenvalue weighted by Crippen LogP contribution is 2.13. The van der Waals surface area contributed by atoms with Crippen molar-refractivity contribution in [2.45, 2.75) is 0 Å². The van der Waals surface area contributed by atoms with Crippen LogP contribution in [0.4, 0.5) is 0 Å². The Kier molecular flexibility index (Phi) is 1.22. The summed E-state index contributed by atoms with van der Waals surface area (Å²) >= 11 is 1.04. The van der Waals surface area contributed by atoms with E-state index < -0.39 is 0 Å². The summed E-state index contributed by atoms with van der Waals surface area (Å²) in [4.78, 5) is 11.1. The maximum absolute atomic E-state index is 11.1. The molecule has 0 aliphatic heterocycles. The Bertz CT molecular complexity index is 443. The maximum atomic E-state index is 11.1. The molecule has 0 aliphatic carbocycles. The van der Waals surface area contributed by atoms with Crippen LogP contribution in [0.15, 0.2) is 29.1 Å². The number of nitrogens with zero attached hydrogens (tertiary/aromatic N) is 1. The van der Waals surface area contributed by atoms with Crippen LogP contribution in [0.25, 0.3) is 10.1 Å². The molecule has 2 rings (SSSR count). The minimum atomic E-state index is -0.342. The standard InChI is InChI=1S/C7H5NO2S/c9-7-5-3-1-2-4-6(5)11-8(7)10/h1-4,10H. The van der Waals surface area contributed by atoms with E-state index in [1.165, 1.54) is 0 Å². The van der Waals surface area contributed by atoms with E-state index >= 15 is 0 Å². The fourth-order valence-electron chi connectivity index (χ4n) is 0.961. The van der Waals surface area contributed by atoms with Gasteiger partial charge in [0, 0.05) is 0 Å². The molecule has 0 aliphatic rings. The molecule has 1 aromatic carbocycles. The van der Waals surface area contributed by atoms with Gasteiger partial charge in [-0.1, -0.05) is 16.3 Å². The molecule has 4 heteroatoms. The molecule has 11 heavy (non-hydrogen) atoms. The molecular formula is C7H5NO2S. The number of rotatable bonds is 0. The van der Waals surface area contributed by atoms with Crippen LogP contribution in [0.3, 0.4) is 0 Å². The van der Waals surface area contributed by atoms with E-state index in [4.69, 9.17) is 5.21 Å². The maximum Gasteiger partial charge on any atom is 0.302 e. The van der Waals surface area contributed by atoms with Crippen LogP contribution in [0.2, 0.25) is 0 Å². The van der Waals surface area contributed by atoms with Gasteiger partial charge in [-0.2, -0.15) is 0 Å². The predicted molar refractivity (Wildman–Crippen MR) is 43.3 cm³/mol. The van der Waals surface area contributed by atoms with Gasteiger partial charge in [0.25, 0.3) is 0 Å². The molecule has 0 spiro atoms. The Morgan fingerprint density at radius 1 is 1.36 bits per heavy atom. The SMILES string of the molecule is O=c1c2ccccc2sn1O. The number of aromatic nitrogens is 1. The Morgan fingerprint density at radius 3 is 2.82 bits per heavy atom. The van der Waals surface area contributed by atoms with E-state index in [9.17, 15) is 4.79 Å². The quantitative estimate of drug-likeness (QED) is 0.601. The largest absolute Gasteiger partial charge is 0.415 e. The summed E-state index contributed by atoms with van der Waals surface area (Å²) in [6.45, 7) is 0. The first kappa shape index (κ1) is 6.42. The molecule has 3 nitrogen and oxygen atoms in total. The molecule has 2 aromatic rings. The third-order valence-corrected chi connectivity index (χ3v) is 2.37. The molecular weight excluding hydrogens is 162 g/mol. The van der Waals surface area contributed by atoms with E-state index in [1.807, 2.05) is 6.07 Å². The second-order valence-corrected chi connectivity index (χ2v) is 3.13. The number of hydrogen-bond donors (Lipinski definition) is 1. The summed E-state index contributed by atoms with van der Waals surface area (Å²) in [5, 5.41) is 9.54. The molecule has 0 saturated heterocycles. The van der Waals surface area contributed by atoms with Crippen LogP contribution >= 0.6 is 11.5 Å². The normalized spacial score (nSPS) is 10.5. The highest BCUT2D eigenvalue weighted by Gasteiger charge is 2.03. The fourth-order valence-corrected chi connectivity index (χ4v) is 1.72. The molecule has 1 aromatic heterocycles. The molecule has 0 atom stereocenters. The smallest absolute Gasteiger partial charge is 0.302 e. The molecule has 0 amide bonds. The molecule has 0 saturated carbocycles. The van der Waals surface area contributed by atoms with Gasteiger partial charge in [-0.3, -0.25) is 4.79 Å². The number of fused-ring (bicyclic) bond motifs is 1. The predicted octanol–water partition coefficient (Wildman–Crippen LogP) is 1.30. The zero-order chi connectivity index (χ0) is 7.84. The van der Waals surface area contributed by atoms with Gasteiger partial charge in [0.1, 0.15) is 0 Å².